The molecule has 0 aromatic heterocycles. The third-order valence-corrected chi connectivity index (χ3v) is 2.63. The predicted octanol–water partition coefficient (Wildman–Crippen LogP) is 4.31. The van der Waals surface area contributed by atoms with E-state index in [2.05, 4.69) is 38.2 Å². The van der Waals surface area contributed by atoms with Gasteiger partial charge in [0.1, 0.15) is 11.4 Å². The van der Waals surface area contributed by atoms with Gasteiger partial charge < -0.3 is 9.47 Å². The lowest BCUT2D eigenvalue weighted by Crippen LogP contribution is -2.15. The normalized spacial score (nSPS) is 12.3. The Bertz CT molecular complexity index is 415. The number of rotatable bonds is 3. The summed E-state index contributed by atoms with van der Waals surface area (Å²) < 4.78 is 10.5. The molecule has 1 aromatic carbocycles. The van der Waals surface area contributed by atoms with Gasteiger partial charge in [0.25, 0.3) is 0 Å². The van der Waals surface area contributed by atoms with Crippen molar-refractivity contribution < 1.29 is 9.47 Å². The van der Waals surface area contributed by atoms with Gasteiger partial charge in [0.15, 0.2) is 12.2 Å². The van der Waals surface area contributed by atoms with Gasteiger partial charge in [0.2, 0.25) is 0 Å². The second kappa shape index (κ2) is 6.35. The molecule has 0 amide bonds. The molecule has 1 rings (SSSR count). The fraction of sp³-hybridized carbons (Fsp3) is 0.500. The van der Waals surface area contributed by atoms with E-state index in [1.165, 1.54) is 5.56 Å². The fourth-order valence-electron chi connectivity index (χ4n) is 1.35. The van der Waals surface area contributed by atoms with Crippen LogP contribution in [0.5, 0.6) is 5.75 Å². The van der Waals surface area contributed by atoms with Crippen LogP contribution in [0.3, 0.4) is 0 Å². The van der Waals surface area contributed by atoms with Gasteiger partial charge in [-0.2, -0.15) is 0 Å². The van der Waals surface area contributed by atoms with Crippen LogP contribution in [0.15, 0.2) is 24.3 Å². The van der Waals surface area contributed by atoms with Crippen molar-refractivity contribution in [3.63, 3.8) is 0 Å². The van der Waals surface area contributed by atoms with Crippen molar-refractivity contribution in [1.29, 1.82) is 0 Å². The maximum Gasteiger partial charge on any atom is 0.161 e. The zero-order valence-electron chi connectivity index (χ0n) is 11.9. The molecule has 0 aliphatic rings. The SMILES string of the molecule is CCC(C)c1ccc(OC#COC(C)(C)C)cc1. The highest BCUT2D eigenvalue weighted by Crippen LogP contribution is 2.21. The Hall–Kier alpha value is -1.62. The molecule has 0 spiro atoms. The first kappa shape index (κ1) is 14.4. The highest BCUT2D eigenvalue weighted by molar-refractivity contribution is 5.30. The molecule has 0 saturated heterocycles. The zero-order chi connectivity index (χ0) is 13.6. The van der Waals surface area contributed by atoms with E-state index in [9.17, 15) is 0 Å². The molecule has 1 atom stereocenters. The van der Waals surface area contributed by atoms with Crippen LogP contribution in [-0.2, 0) is 4.74 Å². The zero-order valence-corrected chi connectivity index (χ0v) is 11.9. The smallest absolute Gasteiger partial charge is 0.161 e. The minimum absolute atomic E-state index is 0.267. The second-order valence-electron chi connectivity index (χ2n) is 5.40. The van der Waals surface area contributed by atoms with Crippen LogP contribution in [0.4, 0.5) is 0 Å². The van der Waals surface area contributed by atoms with Gasteiger partial charge >= 0.3 is 0 Å². The molecule has 0 bridgehead atoms. The Labute approximate surface area is 110 Å². The van der Waals surface area contributed by atoms with Crippen LogP contribution in [0.1, 0.15) is 52.5 Å². The highest BCUT2D eigenvalue weighted by atomic mass is 16.5. The van der Waals surface area contributed by atoms with Crippen LogP contribution in [-0.4, -0.2) is 5.60 Å². The van der Waals surface area contributed by atoms with Gasteiger partial charge in [-0.3, -0.25) is 0 Å². The predicted molar refractivity (Wildman–Crippen MR) is 74.4 cm³/mol. The lowest BCUT2D eigenvalue weighted by atomic mass is 9.99. The molecular weight excluding hydrogens is 224 g/mol. The summed E-state index contributed by atoms with van der Waals surface area (Å²) in [4.78, 5) is 0. The average Bonchev–Trinajstić information content (AvgIpc) is 2.33. The molecule has 0 fully saturated rings. The summed E-state index contributed by atoms with van der Waals surface area (Å²) in [5, 5.41) is 0. The second-order valence-corrected chi connectivity index (χ2v) is 5.40. The number of ether oxygens (including phenoxy) is 2. The molecule has 1 unspecified atom stereocenters. The van der Waals surface area contributed by atoms with Crippen molar-refractivity contribution in [2.75, 3.05) is 0 Å². The van der Waals surface area contributed by atoms with Crippen LogP contribution in [0.2, 0.25) is 0 Å². The summed E-state index contributed by atoms with van der Waals surface area (Å²) >= 11 is 0. The van der Waals surface area contributed by atoms with Crippen molar-refractivity contribution in [2.24, 2.45) is 0 Å². The van der Waals surface area contributed by atoms with E-state index in [1.807, 2.05) is 32.9 Å². The summed E-state index contributed by atoms with van der Waals surface area (Å²) in [6.45, 7) is 10.2. The summed E-state index contributed by atoms with van der Waals surface area (Å²) in [6.07, 6.45) is 6.24. The van der Waals surface area contributed by atoms with Gasteiger partial charge in [-0.1, -0.05) is 26.0 Å². The van der Waals surface area contributed by atoms with Crippen LogP contribution < -0.4 is 4.74 Å². The summed E-state index contributed by atoms with van der Waals surface area (Å²) in [5.41, 5.74) is 1.06. The monoisotopic (exact) mass is 246 g/mol. The van der Waals surface area contributed by atoms with Gasteiger partial charge in [0, 0.05) is 0 Å². The maximum absolute atomic E-state index is 5.28. The van der Waals surface area contributed by atoms with Crippen molar-refractivity contribution in [3.8, 4) is 18.0 Å². The maximum atomic E-state index is 5.28. The van der Waals surface area contributed by atoms with Crippen LogP contribution in [0, 0.1) is 12.2 Å². The van der Waals surface area contributed by atoms with Crippen molar-refractivity contribution in [3.05, 3.63) is 29.8 Å². The van der Waals surface area contributed by atoms with Crippen LogP contribution in [0.25, 0.3) is 0 Å². The fourth-order valence-corrected chi connectivity index (χ4v) is 1.35. The first-order chi connectivity index (χ1) is 8.42. The summed E-state index contributed by atoms with van der Waals surface area (Å²) in [5.74, 6) is 1.32. The van der Waals surface area contributed by atoms with E-state index in [1.54, 1.807) is 0 Å². The van der Waals surface area contributed by atoms with Gasteiger partial charge in [-0.05, 0) is 50.8 Å². The molecule has 0 N–H and O–H groups in total. The van der Waals surface area contributed by atoms with Crippen molar-refractivity contribution in [1.82, 2.24) is 0 Å². The van der Waals surface area contributed by atoms with E-state index < -0.39 is 0 Å². The standard InChI is InChI=1S/C16H22O2/c1-6-13(2)14-7-9-15(10-8-14)17-11-12-18-16(3,4)5/h7-10,13H,6H2,1-5H3. The Morgan fingerprint density at radius 1 is 1.11 bits per heavy atom. The molecule has 1 aromatic rings. The van der Waals surface area contributed by atoms with Crippen molar-refractivity contribution in [2.45, 2.75) is 52.6 Å². The topological polar surface area (TPSA) is 18.5 Å². The minimum atomic E-state index is -0.267. The van der Waals surface area contributed by atoms with Gasteiger partial charge in [-0.25, -0.2) is 0 Å². The Balaban J connectivity index is 2.54. The Morgan fingerprint density at radius 3 is 2.22 bits per heavy atom. The van der Waals surface area contributed by atoms with E-state index in [-0.39, 0.29) is 5.60 Å². The lowest BCUT2D eigenvalue weighted by molar-refractivity contribution is 0.0949. The molecule has 0 heterocycles. The largest absolute Gasteiger partial charge is 0.439 e. The third kappa shape index (κ3) is 5.14. The molecule has 0 aliphatic heterocycles. The van der Waals surface area contributed by atoms with E-state index in [0.29, 0.717) is 5.92 Å². The molecule has 18 heavy (non-hydrogen) atoms. The highest BCUT2D eigenvalue weighted by Gasteiger charge is 2.08. The average molecular weight is 246 g/mol. The molecule has 0 saturated carbocycles. The summed E-state index contributed by atoms with van der Waals surface area (Å²) in [6, 6.07) is 8.03. The molecule has 0 radical (unpaired) electrons. The quantitative estimate of drug-likeness (QED) is 0.740. The molecule has 98 valence electrons. The molecular formula is C16H22O2. The number of hydrogen-bond acceptors (Lipinski definition) is 2. The van der Waals surface area contributed by atoms with E-state index in [4.69, 9.17) is 9.47 Å². The Kier molecular flexibility index (Phi) is 5.09. The summed E-state index contributed by atoms with van der Waals surface area (Å²) in [7, 11) is 0. The third-order valence-electron chi connectivity index (χ3n) is 2.63. The lowest BCUT2D eigenvalue weighted by Gasteiger charge is -2.14. The Morgan fingerprint density at radius 2 is 1.72 bits per heavy atom. The number of hydrogen-bond donors (Lipinski definition) is 0. The minimum Gasteiger partial charge on any atom is -0.439 e. The van der Waals surface area contributed by atoms with E-state index >= 15 is 0 Å². The van der Waals surface area contributed by atoms with Gasteiger partial charge in [0.05, 0.1) is 0 Å². The molecule has 2 heteroatoms. The first-order valence-electron chi connectivity index (χ1n) is 6.37. The molecule has 2 nitrogen and oxygen atoms in total. The molecule has 0 aliphatic carbocycles. The number of benzene rings is 1. The van der Waals surface area contributed by atoms with Crippen LogP contribution >= 0.6 is 0 Å². The van der Waals surface area contributed by atoms with Crippen molar-refractivity contribution >= 4 is 0 Å². The van der Waals surface area contributed by atoms with Gasteiger partial charge in [-0.15, -0.1) is 0 Å². The van der Waals surface area contributed by atoms with E-state index in [0.717, 1.165) is 12.2 Å². The first-order valence-corrected chi connectivity index (χ1v) is 6.37.